The van der Waals surface area contributed by atoms with Crippen molar-refractivity contribution in [3.63, 3.8) is 0 Å². The number of ether oxygens (including phenoxy) is 2. The molecule has 0 atom stereocenters. The number of benzene rings is 1. The minimum absolute atomic E-state index is 0.297. The van der Waals surface area contributed by atoms with E-state index >= 15 is 0 Å². The number of amides is 1. The first-order valence-corrected chi connectivity index (χ1v) is 8.24. The Morgan fingerprint density at radius 2 is 1.88 bits per heavy atom. The first-order valence-electron chi connectivity index (χ1n) is 8.24. The van der Waals surface area contributed by atoms with Gasteiger partial charge in [-0.15, -0.1) is 0 Å². The number of carbonyl (C=O) groups excluding carboxylic acids is 1. The van der Waals surface area contributed by atoms with E-state index in [2.05, 4.69) is 20.2 Å². The Hall–Kier alpha value is -2.83. The lowest BCUT2D eigenvalue weighted by atomic mass is 10.2. The highest BCUT2D eigenvalue weighted by Crippen LogP contribution is 2.29. The average molecular weight is 342 g/mol. The largest absolute Gasteiger partial charge is 0.497 e. The summed E-state index contributed by atoms with van der Waals surface area (Å²) in [6.45, 7) is 3.72. The summed E-state index contributed by atoms with van der Waals surface area (Å²) in [6.07, 6.45) is 2.29. The second kappa shape index (κ2) is 7.38. The fourth-order valence-corrected chi connectivity index (χ4v) is 2.86. The van der Waals surface area contributed by atoms with Crippen LogP contribution in [0.25, 0.3) is 0 Å². The van der Waals surface area contributed by atoms with Crippen LogP contribution < -0.4 is 19.7 Å². The fourth-order valence-electron chi connectivity index (χ4n) is 2.86. The number of anilines is 2. The van der Waals surface area contributed by atoms with Crippen LogP contribution in [0.5, 0.6) is 11.5 Å². The zero-order valence-electron chi connectivity index (χ0n) is 14.7. The van der Waals surface area contributed by atoms with E-state index in [-0.39, 0.29) is 5.91 Å². The monoisotopic (exact) mass is 342 g/mol. The van der Waals surface area contributed by atoms with Crippen LogP contribution in [0.3, 0.4) is 0 Å². The van der Waals surface area contributed by atoms with Gasteiger partial charge < -0.3 is 19.7 Å². The molecular weight excluding hydrogens is 320 g/mol. The van der Waals surface area contributed by atoms with Gasteiger partial charge >= 0.3 is 0 Å². The van der Waals surface area contributed by atoms with Crippen molar-refractivity contribution in [3.05, 3.63) is 35.8 Å². The summed E-state index contributed by atoms with van der Waals surface area (Å²) in [5, 5.41) is 2.85. The SMILES string of the molecule is COc1ccc(NC(=O)c2cc(N3CCCC3)nc(C)n2)c(OC)c1. The number of nitrogens with one attached hydrogen (secondary N) is 1. The molecule has 1 aliphatic rings. The Morgan fingerprint density at radius 3 is 2.56 bits per heavy atom. The van der Waals surface area contributed by atoms with Crippen molar-refractivity contribution in [2.24, 2.45) is 0 Å². The highest BCUT2D eigenvalue weighted by atomic mass is 16.5. The third kappa shape index (κ3) is 3.81. The molecule has 1 aliphatic heterocycles. The Morgan fingerprint density at radius 1 is 1.12 bits per heavy atom. The van der Waals surface area contributed by atoms with Gasteiger partial charge in [0.1, 0.15) is 28.8 Å². The number of aryl methyl sites for hydroxylation is 1. The second-order valence-corrected chi connectivity index (χ2v) is 5.87. The number of rotatable bonds is 5. The Bertz CT molecular complexity index is 773. The van der Waals surface area contributed by atoms with Gasteiger partial charge in [-0.2, -0.15) is 0 Å². The molecule has 0 saturated carbocycles. The summed E-state index contributed by atoms with van der Waals surface area (Å²) in [5.41, 5.74) is 0.902. The summed E-state index contributed by atoms with van der Waals surface area (Å²) in [7, 11) is 3.13. The molecule has 1 amide bonds. The lowest BCUT2D eigenvalue weighted by Crippen LogP contribution is -2.22. The average Bonchev–Trinajstić information content (AvgIpc) is 3.16. The van der Waals surface area contributed by atoms with E-state index < -0.39 is 0 Å². The maximum absolute atomic E-state index is 12.6. The van der Waals surface area contributed by atoms with Crippen molar-refractivity contribution < 1.29 is 14.3 Å². The van der Waals surface area contributed by atoms with Gasteiger partial charge in [0, 0.05) is 25.2 Å². The lowest BCUT2D eigenvalue weighted by molar-refractivity contribution is 0.102. The molecule has 2 aromatic rings. The molecule has 7 nitrogen and oxygen atoms in total. The third-order valence-electron chi connectivity index (χ3n) is 4.14. The highest BCUT2D eigenvalue weighted by molar-refractivity contribution is 6.04. The van der Waals surface area contributed by atoms with Crippen LogP contribution in [-0.4, -0.2) is 43.2 Å². The molecule has 1 saturated heterocycles. The topological polar surface area (TPSA) is 76.6 Å². The summed E-state index contributed by atoms with van der Waals surface area (Å²) in [6, 6.07) is 6.96. The van der Waals surface area contributed by atoms with E-state index in [0.717, 1.165) is 31.7 Å². The molecule has 132 valence electrons. The lowest BCUT2D eigenvalue weighted by Gasteiger charge is -2.17. The first kappa shape index (κ1) is 17.0. The molecule has 0 spiro atoms. The number of methoxy groups -OCH3 is 2. The van der Waals surface area contributed by atoms with Crippen molar-refractivity contribution in [2.75, 3.05) is 37.5 Å². The summed E-state index contributed by atoms with van der Waals surface area (Å²) in [5.74, 6) is 2.27. The molecule has 1 aromatic carbocycles. The van der Waals surface area contributed by atoms with E-state index in [1.54, 1.807) is 45.4 Å². The van der Waals surface area contributed by atoms with Gasteiger partial charge in [0.15, 0.2) is 0 Å². The van der Waals surface area contributed by atoms with Crippen LogP contribution in [0.15, 0.2) is 24.3 Å². The van der Waals surface area contributed by atoms with E-state index in [9.17, 15) is 4.79 Å². The quantitative estimate of drug-likeness (QED) is 0.900. The predicted molar refractivity (Wildman–Crippen MR) is 95.7 cm³/mol. The number of nitrogens with zero attached hydrogens (tertiary/aromatic N) is 3. The molecule has 7 heteroatoms. The van der Waals surface area contributed by atoms with Gasteiger partial charge in [0.25, 0.3) is 5.91 Å². The zero-order chi connectivity index (χ0) is 17.8. The smallest absolute Gasteiger partial charge is 0.274 e. The molecule has 1 N–H and O–H groups in total. The summed E-state index contributed by atoms with van der Waals surface area (Å²) < 4.78 is 10.5. The van der Waals surface area contributed by atoms with Crippen molar-refractivity contribution in [3.8, 4) is 11.5 Å². The molecule has 1 aromatic heterocycles. The third-order valence-corrected chi connectivity index (χ3v) is 4.14. The maximum Gasteiger partial charge on any atom is 0.274 e. The molecular formula is C18H22N4O3. The van der Waals surface area contributed by atoms with E-state index in [4.69, 9.17) is 9.47 Å². The second-order valence-electron chi connectivity index (χ2n) is 5.87. The molecule has 25 heavy (non-hydrogen) atoms. The number of carbonyl (C=O) groups is 1. The van der Waals surface area contributed by atoms with Gasteiger partial charge in [-0.25, -0.2) is 9.97 Å². The number of aromatic nitrogens is 2. The van der Waals surface area contributed by atoms with E-state index in [1.807, 2.05) is 0 Å². The maximum atomic E-state index is 12.6. The molecule has 0 aliphatic carbocycles. The Kier molecular flexibility index (Phi) is 5.02. The van der Waals surface area contributed by atoms with Gasteiger partial charge in [0.05, 0.1) is 19.9 Å². The molecule has 0 bridgehead atoms. The summed E-state index contributed by atoms with van der Waals surface area (Å²) >= 11 is 0. The normalized spacial score (nSPS) is 13.6. The van der Waals surface area contributed by atoms with Crippen molar-refractivity contribution in [1.82, 2.24) is 9.97 Å². The van der Waals surface area contributed by atoms with Crippen LogP contribution in [0.1, 0.15) is 29.2 Å². The number of hydrogen-bond acceptors (Lipinski definition) is 6. The standard InChI is InChI=1S/C18H22N4O3/c1-12-19-15(11-17(20-12)22-8-4-5-9-22)18(23)21-14-7-6-13(24-2)10-16(14)25-3/h6-7,10-11H,4-5,8-9H2,1-3H3,(H,21,23). The van der Waals surface area contributed by atoms with Crippen molar-refractivity contribution in [1.29, 1.82) is 0 Å². The van der Waals surface area contributed by atoms with Crippen LogP contribution in [0, 0.1) is 6.92 Å². The molecule has 2 heterocycles. The van der Waals surface area contributed by atoms with E-state index in [1.165, 1.54) is 0 Å². The van der Waals surface area contributed by atoms with Gasteiger partial charge in [-0.3, -0.25) is 4.79 Å². The highest BCUT2D eigenvalue weighted by Gasteiger charge is 2.18. The van der Waals surface area contributed by atoms with Crippen LogP contribution >= 0.6 is 0 Å². The summed E-state index contributed by atoms with van der Waals surface area (Å²) in [4.78, 5) is 23.6. The molecule has 0 radical (unpaired) electrons. The van der Waals surface area contributed by atoms with Gasteiger partial charge in [0.2, 0.25) is 0 Å². The van der Waals surface area contributed by atoms with Crippen LogP contribution in [-0.2, 0) is 0 Å². The van der Waals surface area contributed by atoms with Gasteiger partial charge in [-0.05, 0) is 31.9 Å². The molecule has 0 unspecified atom stereocenters. The van der Waals surface area contributed by atoms with Crippen LogP contribution in [0.2, 0.25) is 0 Å². The van der Waals surface area contributed by atoms with E-state index in [0.29, 0.717) is 28.7 Å². The van der Waals surface area contributed by atoms with Crippen LogP contribution in [0.4, 0.5) is 11.5 Å². The predicted octanol–water partition coefficient (Wildman–Crippen LogP) is 2.65. The zero-order valence-corrected chi connectivity index (χ0v) is 14.7. The van der Waals surface area contributed by atoms with Gasteiger partial charge in [-0.1, -0.05) is 0 Å². The minimum atomic E-state index is -0.297. The Balaban J connectivity index is 1.84. The fraction of sp³-hybridized carbons (Fsp3) is 0.389. The minimum Gasteiger partial charge on any atom is -0.497 e. The number of hydrogen-bond donors (Lipinski definition) is 1. The molecule has 1 fully saturated rings. The first-order chi connectivity index (χ1) is 12.1. The Labute approximate surface area is 147 Å². The van der Waals surface area contributed by atoms with Crippen molar-refractivity contribution in [2.45, 2.75) is 19.8 Å². The van der Waals surface area contributed by atoms with Crippen molar-refractivity contribution >= 4 is 17.4 Å². The molecule has 3 rings (SSSR count).